The van der Waals surface area contributed by atoms with Gasteiger partial charge in [-0.3, -0.25) is 9.89 Å². The van der Waals surface area contributed by atoms with E-state index in [9.17, 15) is 4.79 Å². The Labute approximate surface area is 103 Å². The molecular weight excluding hydrogens is 238 g/mol. The molecule has 0 unspecified atom stereocenters. The Hall–Kier alpha value is -1.76. The first-order valence-electron chi connectivity index (χ1n) is 5.30. The van der Waals surface area contributed by atoms with Gasteiger partial charge in [0, 0.05) is 17.5 Å². The Morgan fingerprint density at radius 3 is 3.00 bits per heavy atom. The highest BCUT2D eigenvalue weighted by molar-refractivity contribution is 7.11. The zero-order valence-corrected chi connectivity index (χ0v) is 10.5. The largest absolute Gasteiger partial charge is 0.344 e. The summed E-state index contributed by atoms with van der Waals surface area (Å²) >= 11 is 1.56. The molecule has 0 aliphatic heterocycles. The van der Waals surface area contributed by atoms with Gasteiger partial charge < -0.3 is 5.32 Å². The number of carbonyl (C=O) groups is 1. The molecule has 0 atom stereocenters. The fourth-order valence-corrected chi connectivity index (χ4v) is 2.02. The number of carbonyl (C=O) groups excluding carboxylic acids is 1. The molecule has 0 aliphatic rings. The molecule has 2 rings (SSSR count). The van der Waals surface area contributed by atoms with E-state index in [0.717, 1.165) is 16.3 Å². The van der Waals surface area contributed by atoms with Gasteiger partial charge in [-0.25, -0.2) is 9.97 Å². The van der Waals surface area contributed by atoms with Crippen molar-refractivity contribution in [2.24, 2.45) is 0 Å². The molecule has 0 spiro atoms. The molecule has 2 aromatic heterocycles. The van der Waals surface area contributed by atoms with E-state index in [-0.39, 0.29) is 11.7 Å². The van der Waals surface area contributed by atoms with Gasteiger partial charge in [-0.1, -0.05) is 6.92 Å². The van der Waals surface area contributed by atoms with Crippen molar-refractivity contribution in [3.8, 4) is 0 Å². The monoisotopic (exact) mass is 251 g/mol. The second-order valence-corrected chi connectivity index (χ2v) is 4.81. The molecule has 2 heterocycles. The van der Waals surface area contributed by atoms with E-state index < -0.39 is 0 Å². The van der Waals surface area contributed by atoms with Crippen LogP contribution in [0.1, 0.15) is 33.3 Å². The first-order chi connectivity index (χ1) is 8.19. The molecular formula is C10H13N5OS. The molecule has 1 amide bonds. The van der Waals surface area contributed by atoms with E-state index in [4.69, 9.17) is 0 Å². The number of nitrogens with one attached hydrogen (secondary N) is 2. The fraction of sp³-hybridized carbons (Fsp3) is 0.400. The predicted molar refractivity (Wildman–Crippen MR) is 63.8 cm³/mol. The molecule has 0 saturated heterocycles. The first-order valence-corrected chi connectivity index (χ1v) is 6.11. The van der Waals surface area contributed by atoms with Gasteiger partial charge in [-0.2, -0.15) is 0 Å². The van der Waals surface area contributed by atoms with Crippen molar-refractivity contribution in [2.45, 2.75) is 26.8 Å². The third kappa shape index (κ3) is 2.88. The average Bonchev–Trinajstić information content (AvgIpc) is 2.94. The minimum atomic E-state index is -0.271. The van der Waals surface area contributed by atoms with Crippen molar-refractivity contribution in [3.63, 3.8) is 0 Å². The van der Waals surface area contributed by atoms with Crippen LogP contribution in [0.5, 0.6) is 0 Å². The van der Waals surface area contributed by atoms with E-state index in [1.807, 2.05) is 13.8 Å². The van der Waals surface area contributed by atoms with Crippen LogP contribution in [0.3, 0.4) is 0 Å². The smallest absolute Gasteiger partial charge is 0.291 e. The SMILES string of the molecule is CCc1nc(C(=O)NCc2cnc(C)s2)n[nH]1. The summed E-state index contributed by atoms with van der Waals surface area (Å²) in [5, 5.41) is 10.3. The summed E-state index contributed by atoms with van der Waals surface area (Å²) in [6.45, 7) is 4.33. The number of hydrogen-bond donors (Lipinski definition) is 2. The summed E-state index contributed by atoms with van der Waals surface area (Å²) in [6.07, 6.45) is 2.49. The van der Waals surface area contributed by atoms with Crippen LogP contribution in [-0.2, 0) is 13.0 Å². The quantitative estimate of drug-likeness (QED) is 0.851. The molecule has 90 valence electrons. The van der Waals surface area contributed by atoms with Gasteiger partial charge in [0.25, 0.3) is 5.91 Å². The normalized spacial score (nSPS) is 10.5. The molecule has 0 aromatic carbocycles. The third-order valence-corrected chi connectivity index (χ3v) is 3.07. The topological polar surface area (TPSA) is 83.6 Å². The number of rotatable bonds is 4. The van der Waals surface area contributed by atoms with E-state index in [1.165, 1.54) is 0 Å². The number of aromatic amines is 1. The summed E-state index contributed by atoms with van der Waals surface area (Å²) in [5.41, 5.74) is 0. The Kier molecular flexibility index (Phi) is 3.48. The Morgan fingerprint density at radius 1 is 1.59 bits per heavy atom. The number of aryl methyl sites for hydroxylation is 2. The Balaban J connectivity index is 1.93. The lowest BCUT2D eigenvalue weighted by molar-refractivity contribution is 0.0941. The number of hydrogen-bond acceptors (Lipinski definition) is 5. The van der Waals surface area contributed by atoms with Gasteiger partial charge in [0.05, 0.1) is 11.6 Å². The second kappa shape index (κ2) is 5.05. The van der Waals surface area contributed by atoms with Crippen LogP contribution in [0, 0.1) is 6.92 Å². The zero-order valence-electron chi connectivity index (χ0n) is 9.65. The zero-order chi connectivity index (χ0) is 12.3. The number of aromatic nitrogens is 4. The highest BCUT2D eigenvalue weighted by atomic mass is 32.1. The Morgan fingerprint density at radius 2 is 2.41 bits per heavy atom. The minimum Gasteiger partial charge on any atom is -0.344 e. The molecule has 0 fully saturated rings. The highest BCUT2D eigenvalue weighted by Gasteiger charge is 2.11. The highest BCUT2D eigenvalue weighted by Crippen LogP contribution is 2.10. The maximum absolute atomic E-state index is 11.7. The standard InChI is InChI=1S/C10H13N5OS/c1-3-8-13-9(15-14-8)10(16)12-5-7-4-11-6(2)17-7/h4H,3,5H2,1-2H3,(H,12,16)(H,13,14,15). The Bertz CT molecular complexity index is 518. The maximum Gasteiger partial charge on any atom is 0.291 e. The van der Waals surface area contributed by atoms with E-state index >= 15 is 0 Å². The molecule has 6 nitrogen and oxygen atoms in total. The van der Waals surface area contributed by atoms with Gasteiger partial charge in [0.1, 0.15) is 5.82 Å². The summed E-state index contributed by atoms with van der Waals surface area (Å²) in [4.78, 5) is 20.9. The molecule has 0 radical (unpaired) electrons. The lowest BCUT2D eigenvalue weighted by Crippen LogP contribution is -2.23. The van der Waals surface area contributed by atoms with Crippen molar-refractivity contribution in [3.05, 3.63) is 27.7 Å². The number of H-pyrrole nitrogens is 1. The number of amides is 1. The van der Waals surface area contributed by atoms with Gasteiger partial charge in [-0.05, 0) is 6.92 Å². The van der Waals surface area contributed by atoms with Gasteiger partial charge in [0.2, 0.25) is 5.82 Å². The summed E-state index contributed by atoms with van der Waals surface area (Å²) < 4.78 is 0. The second-order valence-electron chi connectivity index (χ2n) is 3.49. The fourth-order valence-electron chi connectivity index (χ4n) is 1.29. The van der Waals surface area contributed by atoms with Crippen LogP contribution < -0.4 is 5.32 Å². The van der Waals surface area contributed by atoms with Crippen molar-refractivity contribution in [1.82, 2.24) is 25.5 Å². The molecule has 0 aliphatic carbocycles. The lowest BCUT2D eigenvalue weighted by atomic mass is 10.4. The van der Waals surface area contributed by atoms with Crippen LogP contribution in [0.4, 0.5) is 0 Å². The number of thiazole rings is 1. The molecule has 2 N–H and O–H groups in total. The number of nitrogens with zero attached hydrogens (tertiary/aromatic N) is 3. The molecule has 2 aromatic rings. The van der Waals surface area contributed by atoms with Gasteiger partial charge in [0.15, 0.2) is 0 Å². The van der Waals surface area contributed by atoms with Crippen LogP contribution >= 0.6 is 11.3 Å². The predicted octanol–water partition coefficient (Wildman–Crippen LogP) is 1.06. The summed E-state index contributed by atoms with van der Waals surface area (Å²) in [5.74, 6) is 0.624. The summed E-state index contributed by atoms with van der Waals surface area (Å²) in [7, 11) is 0. The molecule has 17 heavy (non-hydrogen) atoms. The van der Waals surface area contributed by atoms with E-state index in [0.29, 0.717) is 12.4 Å². The van der Waals surface area contributed by atoms with Crippen molar-refractivity contribution >= 4 is 17.2 Å². The van der Waals surface area contributed by atoms with Crippen LogP contribution in [-0.4, -0.2) is 26.1 Å². The van der Waals surface area contributed by atoms with Crippen LogP contribution in [0.25, 0.3) is 0 Å². The van der Waals surface area contributed by atoms with E-state index in [2.05, 4.69) is 25.5 Å². The van der Waals surface area contributed by atoms with Crippen molar-refractivity contribution in [2.75, 3.05) is 0 Å². The molecule has 7 heteroatoms. The van der Waals surface area contributed by atoms with Crippen LogP contribution in [0.15, 0.2) is 6.20 Å². The van der Waals surface area contributed by atoms with E-state index in [1.54, 1.807) is 17.5 Å². The van der Waals surface area contributed by atoms with Gasteiger partial charge >= 0.3 is 0 Å². The average molecular weight is 251 g/mol. The van der Waals surface area contributed by atoms with Crippen LogP contribution in [0.2, 0.25) is 0 Å². The molecule has 0 bridgehead atoms. The lowest BCUT2D eigenvalue weighted by Gasteiger charge is -1.98. The minimum absolute atomic E-state index is 0.183. The third-order valence-electron chi connectivity index (χ3n) is 2.16. The van der Waals surface area contributed by atoms with Crippen molar-refractivity contribution < 1.29 is 4.79 Å². The first kappa shape index (κ1) is 11.7. The van der Waals surface area contributed by atoms with Gasteiger partial charge in [-0.15, -0.1) is 16.4 Å². The van der Waals surface area contributed by atoms with Crippen molar-refractivity contribution in [1.29, 1.82) is 0 Å². The molecule has 0 saturated carbocycles. The summed E-state index contributed by atoms with van der Waals surface area (Å²) in [6, 6.07) is 0. The maximum atomic E-state index is 11.7.